The van der Waals surface area contributed by atoms with Crippen LogP contribution in [-0.4, -0.2) is 10.9 Å². The van der Waals surface area contributed by atoms with Gasteiger partial charge in [0, 0.05) is 22.2 Å². The quantitative estimate of drug-likeness (QED) is 0.643. The van der Waals surface area contributed by atoms with Crippen molar-refractivity contribution in [2.45, 2.75) is 6.54 Å². The van der Waals surface area contributed by atoms with E-state index < -0.39 is 0 Å². The smallest absolute Gasteiger partial charge is 0.256 e. The molecular weight excluding hydrogens is 357 g/mol. The Hall–Kier alpha value is -2.56. The van der Waals surface area contributed by atoms with Crippen LogP contribution in [0.1, 0.15) is 15.9 Å². The summed E-state index contributed by atoms with van der Waals surface area (Å²) in [5.41, 5.74) is 2.32. The van der Waals surface area contributed by atoms with Crippen LogP contribution in [0.5, 0.6) is 0 Å². The number of rotatable bonds is 5. The van der Waals surface area contributed by atoms with Crippen molar-refractivity contribution in [1.29, 1.82) is 0 Å². The molecular formula is C19H15Cl2N3O. The molecule has 3 aromatic rings. The lowest BCUT2D eigenvalue weighted by Crippen LogP contribution is -2.12. The summed E-state index contributed by atoms with van der Waals surface area (Å²) in [7, 11) is 0. The average Bonchev–Trinajstić information content (AvgIpc) is 2.62. The van der Waals surface area contributed by atoms with Crippen molar-refractivity contribution in [2.24, 2.45) is 0 Å². The molecule has 3 rings (SSSR count). The first-order valence-electron chi connectivity index (χ1n) is 7.62. The molecule has 25 heavy (non-hydrogen) atoms. The van der Waals surface area contributed by atoms with Gasteiger partial charge in [-0.05, 0) is 42.0 Å². The molecule has 0 aliphatic rings. The fourth-order valence-corrected chi connectivity index (χ4v) is 2.62. The molecule has 2 aromatic carbocycles. The number of hydrogen-bond acceptors (Lipinski definition) is 3. The number of aromatic nitrogens is 1. The molecule has 0 saturated carbocycles. The lowest BCUT2D eigenvalue weighted by Gasteiger charge is -2.09. The first kappa shape index (κ1) is 17.3. The molecule has 1 amide bonds. The van der Waals surface area contributed by atoms with E-state index in [-0.39, 0.29) is 5.91 Å². The number of amides is 1. The van der Waals surface area contributed by atoms with Gasteiger partial charge in [0.05, 0.1) is 11.9 Å². The maximum Gasteiger partial charge on any atom is 0.256 e. The van der Waals surface area contributed by atoms with E-state index in [9.17, 15) is 4.79 Å². The van der Waals surface area contributed by atoms with Gasteiger partial charge >= 0.3 is 0 Å². The average molecular weight is 372 g/mol. The highest BCUT2D eigenvalue weighted by Crippen LogP contribution is 2.18. The Morgan fingerprint density at radius 1 is 1.00 bits per heavy atom. The van der Waals surface area contributed by atoms with Gasteiger partial charge in [0.25, 0.3) is 5.91 Å². The number of pyridine rings is 1. The van der Waals surface area contributed by atoms with Gasteiger partial charge in [-0.3, -0.25) is 4.79 Å². The number of halogens is 2. The van der Waals surface area contributed by atoms with Gasteiger partial charge in [-0.15, -0.1) is 0 Å². The monoisotopic (exact) mass is 371 g/mol. The second kappa shape index (κ2) is 8.01. The highest BCUT2D eigenvalue weighted by molar-refractivity contribution is 6.31. The zero-order chi connectivity index (χ0) is 17.6. The van der Waals surface area contributed by atoms with E-state index in [1.807, 2.05) is 30.3 Å². The van der Waals surface area contributed by atoms with Crippen molar-refractivity contribution < 1.29 is 4.79 Å². The number of carbonyl (C=O) groups is 1. The lowest BCUT2D eigenvalue weighted by atomic mass is 10.2. The van der Waals surface area contributed by atoms with Crippen LogP contribution >= 0.6 is 23.2 Å². The van der Waals surface area contributed by atoms with E-state index >= 15 is 0 Å². The van der Waals surface area contributed by atoms with Crippen LogP contribution in [0.15, 0.2) is 66.9 Å². The van der Waals surface area contributed by atoms with E-state index in [2.05, 4.69) is 15.6 Å². The van der Waals surface area contributed by atoms with Crippen LogP contribution in [0.3, 0.4) is 0 Å². The number of nitrogens with one attached hydrogen (secondary N) is 2. The molecule has 0 atom stereocenters. The summed E-state index contributed by atoms with van der Waals surface area (Å²) in [6, 6.07) is 18.0. The summed E-state index contributed by atoms with van der Waals surface area (Å²) < 4.78 is 0. The van der Waals surface area contributed by atoms with Crippen LogP contribution in [0.25, 0.3) is 0 Å². The maximum absolute atomic E-state index is 12.2. The lowest BCUT2D eigenvalue weighted by molar-refractivity contribution is 0.102. The van der Waals surface area contributed by atoms with Crippen LogP contribution in [0, 0.1) is 0 Å². The first-order chi connectivity index (χ1) is 12.1. The molecule has 2 N–H and O–H groups in total. The van der Waals surface area contributed by atoms with Crippen molar-refractivity contribution in [3.63, 3.8) is 0 Å². The first-order valence-corrected chi connectivity index (χ1v) is 8.38. The number of benzene rings is 2. The standard InChI is InChI=1S/C19H15Cl2N3O/c20-15-6-3-5-13(10-15)19(25)24-18-9-8-16(12-23-18)22-11-14-4-1-2-7-17(14)21/h1-10,12,22H,11H2,(H,23,24,25). The Morgan fingerprint density at radius 2 is 1.84 bits per heavy atom. The number of nitrogens with zero attached hydrogens (tertiary/aromatic N) is 1. The molecule has 0 aliphatic heterocycles. The van der Waals surface area contributed by atoms with Gasteiger partial charge in [0.2, 0.25) is 0 Å². The summed E-state index contributed by atoms with van der Waals surface area (Å²) >= 11 is 12.0. The third-order valence-electron chi connectivity index (χ3n) is 3.53. The van der Waals surface area contributed by atoms with Gasteiger partial charge in [0.15, 0.2) is 0 Å². The van der Waals surface area contributed by atoms with Gasteiger partial charge in [0.1, 0.15) is 5.82 Å². The van der Waals surface area contributed by atoms with Crippen LogP contribution in [-0.2, 0) is 6.54 Å². The third-order valence-corrected chi connectivity index (χ3v) is 4.14. The molecule has 126 valence electrons. The van der Waals surface area contributed by atoms with E-state index in [4.69, 9.17) is 23.2 Å². The van der Waals surface area contributed by atoms with Gasteiger partial charge in [-0.2, -0.15) is 0 Å². The fourth-order valence-electron chi connectivity index (χ4n) is 2.23. The Morgan fingerprint density at radius 3 is 2.56 bits per heavy atom. The molecule has 4 nitrogen and oxygen atoms in total. The third kappa shape index (κ3) is 4.72. The fraction of sp³-hybridized carbons (Fsp3) is 0.0526. The topological polar surface area (TPSA) is 54.0 Å². The molecule has 0 spiro atoms. The molecule has 0 radical (unpaired) electrons. The number of hydrogen-bond donors (Lipinski definition) is 2. The van der Waals surface area contributed by atoms with Gasteiger partial charge < -0.3 is 10.6 Å². The summed E-state index contributed by atoms with van der Waals surface area (Å²) in [4.78, 5) is 16.4. The van der Waals surface area contributed by atoms with E-state index in [1.54, 1.807) is 36.5 Å². The summed E-state index contributed by atoms with van der Waals surface area (Å²) in [6.07, 6.45) is 1.66. The minimum absolute atomic E-state index is 0.258. The van der Waals surface area contributed by atoms with Crippen LogP contribution in [0.2, 0.25) is 10.0 Å². The molecule has 0 fully saturated rings. The SMILES string of the molecule is O=C(Nc1ccc(NCc2ccccc2Cl)cn1)c1cccc(Cl)c1. The Bertz CT molecular complexity index is 882. The number of carbonyl (C=O) groups excluding carboxylic acids is 1. The number of anilines is 2. The van der Waals surface area contributed by atoms with E-state index in [0.29, 0.717) is 28.0 Å². The minimum Gasteiger partial charge on any atom is -0.380 e. The van der Waals surface area contributed by atoms with E-state index in [0.717, 1.165) is 11.3 Å². The minimum atomic E-state index is -0.258. The predicted octanol–water partition coefficient (Wildman–Crippen LogP) is 5.25. The highest BCUT2D eigenvalue weighted by Gasteiger charge is 2.07. The Kier molecular flexibility index (Phi) is 5.53. The Balaban J connectivity index is 1.60. The molecule has 0 bridgehead atoms. The molecule has 0 saturated heterocycles. The largest absolute Gasteiger partial charge is 0.380 e. The van der Waals surface area contributed by atoms with Crippen molar-refractivity contribution in [1.82, 2.24) is 4.98 Å². The Labute approximate surface area is 155 Å². The van der Waals surface area contributed by atoms with Gasteiger partial charge in [-0.1, -0.05) is 47.5 Å². The van der Waals surface area contributed by atoms with Crippen molar-refractivity contribution in [3.05, 3.63) is 88.0 Å². The second-order valence-corrected chi connectivity index (χ2v) is 6.19. The van der Waals surface area contributed by atoms with Crippen LogP contribution in [0.4, 0.5) is 11.5 Å². The zero-order valence-corrected chi connectivity index (χ0v) is 14.7. The summed E-state index contributed by atoms with van der Waals surface area (Å²) in [5, 5.41) is 7.21. The summed E-state index contributed by atoms with van der Waals surface area (Å²) in [5.74, 6) is 0.208. The normalized spacial score (nSPS) is 10.3. The predicted molar refractivity (Wildman–Crippen MR) is 102 cm³/mol. The maximum atomic E-state index is 12.2. The molecule has 0 aliphatic carbocycles. The van der Waals surface area contributed by atoms with Crippen LogP contribution < -0.4 is 10.6 Å². The molecule has 0 unspecified atom stereocenters. The van der Waals surface area contributed by atoms with Crippen molar-refractivity contribution in [3.8, 4) is 0 Å². The van der Waals surface area contributed by atoms with Gasteiger partial charge in [-0.25, -0.2) is 4.98 Å². The second-order valence-electron chi connectivity index (χ2n) is 5.34. The molecule has 1 heterocycles. The van der Waals surface area contributed by atoms with Crippen molar-refractivity contribution >= 4 is 40.6 Å². The van der Waals surface area contributed by atoms with Crippen molar-refractivity contribution in [2.75, 3.05) is 10.6 Å². The molecule has 6 heteroatoms. The van der Waals surface area contributed by atoms with E-state index in [1.165, 1.54) is 0 Å². The summed E-state index contributed by atoms with van der Waals surface area (Å²) in [6.45, 7) is 0.593. The highest BCUT2D eigenvalue weighted by atomic mass is 35.5. The molecule has 1 aromatic heterocycles. The zero-order valence-electron chi connectivity index (χ0n) is 13.2.